The Balaban J connectivity index is 2.12. The molecule has 7 nitrogen and oxygen atoms in total. The summed E-state index contributed by atoms with van der Waals surface area (Å²) in [7, 11) is 0. The molecule has 0 radical (unpaired) electrons. The summed E-state index contributed by atoms with van der Waals surface area (Å²) in [5.41, 5.74) is 5.21. The molecule has 1 aliphatic heterocycles. The molecule has 0 unspecified atom stereocenters. The molecule has 0 bridgehead atoms. The van der Waals surface area contributed by atoms with Gasteiger partial charge in [0.15, 0.2) is 4.77 Å². The second-order valence-electron chi connectivity index (χ2n) is 5.31. The highest BCUT2D eigenvalue weighted by Gasteiger charge is 2.18. The first kappa shape index (κ1) is 16.1. The van der Waals surface area contributed by atoms with Crippen LogP contribution in [-0.2, 0) is 29.2 Å². The highest BCUT2D eigenvalue weighted by molar-refractivity contribution is 7.71. The Labute approximate surface area is 129 Å². The van der Waals surface area contributed by atoms with Gasteiger partial charge in [-0.15, -0.1) is 0 Å². The molecule has 0 aliphatic carbocycles. The molecule has 2 heterocycles. The Morgan fingerprint density at radius 1 is 1.57 bits per heavy atom. The summed E-state index contributed by atoms with van der Waals surface area (Å²) in [5.74, 6) is 0.503. The van der Waals surface area contributed by atoms with Gasteiger partial charge in [0.05, 0.1) is 19.4 Å². The zero-order valence-corrected chi connectivity index (χ0v) is 13.4. The smallest absolute Gasteiger partial charge is 0.217 e. The van der Waals surface area contributed by atoms with Crippen LogP contribution in [0.2, 0.25) is 0 Å². The summed E-state index contributed by atoms with van der Waals surface area (Å²) in [4.78, 5) is 13.2. The molecule has 1 amide bonds. The van der Waals surface area contributed by atoms with Crippen molar-refractivity contribution in [3.63, 3.8) is 0 Å². The molecule has 1 aromatic heterocycles. The van der Waals surface area contributed by atoms with Crippen LogP contribution in [-0.4, -0.2) is 51.0 Å². The number of aryl methyl sites for hydroxylation is 1. The van der Waals surface area contributed by atoms with E-state index in [1.165, 1.54) is 0 Å². The average Bonchev–Trinajstić information content (AvgIpc) is 2.72. The lowest BCUT2D eigenvalue weighted by Gasteiger charge is -2.30. The Morgan fingerprint density at radius 2 is 2.33 bits per heavy atom. The number of hydrogen-bond acceptors (Lipinski definition) is 5. The van der Waals surface area contributed by atoms with Gasteiger partial charge in [0.1, 0.15) is 5.82 Å². The molecular formula is C13H23N5O2S. The Morgan fingerprint density at radius 3 is 2.95 bits per heavy atom. The number of aromatic nitrogens is 3. The summed E-state index contributed by atoms with van der Waals surface area (Å²) in [5, 5.41) is 4.56. The third kappa shape index (κ3) is 4.12. The van der Waals surface area contributed by atoms with E-state index < -0.39 is 0 Å². The molecule has 118 valence electrons. The van der Waals surface area contributed by atoms with E-state index in [2.05, 4.69) is 16.9 Å². The highest BCUT2D eigenvalue weighted by atomic mass is 32.1. The number of carbonyl (C=O) groups is 1. The van der Waals surface area contributed by atoms with Crippen LogP contribution in [0.25, 0.3) is 0 Å². The quantitative estimate of drug-likeness (QED) is 0.775. The predicted molar refractivity (Wildman–Crippen MR) is 81.2 cm³/mol. The maximum Gasteiger partial charge on any atom is 0.217 e. The van der Waals surface area contributed by atoms with E-state index in [4.69, 9.17) is 22.7 Å². The SMILES string of the molecule is CCn1c(CCC(N)=O)nn(CN2CCO[C@H](C)C2)c1=S. The predicted octanol–water partition coefficient (Wildman–Crippen LogP) is 0.530. The fraction of sp³-hybridized carbons (Fsp3) is 0.769. The van der Waals surface area contributed by atoms with Gasteiger partial charge in [-0.3, -0.25) is 9.69 Å². The molecule has 2 rings (SSSR count). The molecule has 1 aromatic rings. The third-order valence-corrected chi connectivity index (χ3v) is 4.00. The normalized spacial score (nSPS) is 19.8. The Bertz CT molecular complexity index is 553. The lowest BCUT2D eigenvalue weighted by atomic mass is 10.3. The number of hydrogen-bond donors (Lipinski definition) is 1. The lowest BCUT2D eigenvalue weighted by Crippen LogP contribution is -2.42. The number of morpholine rings is 1. The van der Waals surface area contributed by atoms with Crippen molar-refractivity contribution < 1.29 is 9.53 Å². The highest BCUT2D eigenvalue weighted by Crippen LogP contribution is 2.09. The van der Waals surface area contributed by atoms with Gasteiger partial charge in [-0.1, -0.05) is 0 Å². The van der Waals surface area contributed by atoms with E-state index in [-0.39, 0.29) is 12.0 Å². The first-order valence-corrected chi connectivity index (χ1v) is 7.70. The van der Waals surface area contributed by atoms with Crippen molar-refractivity contribution in [1.82, 2.24) is 19.2 Å². The number of nitrogens with zero attached hydrogens (tertiary/aromatic N) is 4. The molecule has 1 aliphatic rings. The molecule has 2 N–H and O–H groups in total. The minimum atomic E-state index is -0.319. The van der Waals surface area contributed by atoms with Gasteiger partial charge in [0.25, 0.3) is 0 Å². The van der Waals surface area contributed by atoms with Crippen molar-refractivity contribution in [3.05, 3.63) is 10.6 Å². The Kier molecular flexibility index (Phi) is 5.49. The number of primary amides is 1. The monoisotopic (exact) mass is 313 g/mol. The second-order valence-corrected chi connectivity index (χ2v) is 5.67. The molecule has 0 spiro atoms. The first-order valence-electron chi connectivity index (χ1n) is 7.30. The Hall–Kier alpha value is -1.25. The van der Waals surface area contributed by atoms with Crippen LogP contribution in [0.3, 0.4) is 0 Å². The van der Waals surface area contributed by atoms with Crippen molar-refractivity contribution in [2.75, 3.05) is 19.7 Å². The maximum absolute atomic E-state index is 10.9. The van der Waals surface area contributed by atoms with Crippen molar-refractivity contribution in [3.8, 4) is 0 Å². The number of carbonyl (C=O) groups excluding carboxylic acids is 1. The van der Waals surface area contributed by atoms with Gasteiger partial charge < -0.3 is 15.0 Å². The largest absolute Gasteiger partial charge is 0.376 e. The first-order chi connectivity index (χ1) is 10.0. The van der Waals surface area contributed by atoms with Crippen molar-refractivity contribution in [1.29, 1.82) is 0 Å². The summed E-state index contributed by atoms with van der Waals surface area (Å²) in [6, 6.07) is 0. The van der Waals surface area contributed by atoms with E-state index in [0.29, 0.717) is 24.3 Å². The van der Waals surface area contributed by atoms with E-state index >= 15 is 0 Å². The zero-order valence-electron chi connectivity index (χ0n) is 12.6. The van der Waals surface area contributed by atoms with Crippen LogP contribution in [0, 0.1) is 4.77 Å². The van der Waals surface area contributed by atoms with Gasteiger partial charge in [-0.2, -0.15) is 5.10 Å². The topological polar surface area (TPSA) is 78.3 Å². The average molecular weight is 313 g/mol. The molecule has 1 fully saturated rings. The van der Waals surface area contributed by atoms with Crippen LogP contribution in [0.1, 0.15) is 26.1 Å². The van der Waals surface area contributed by atoms with Crippen LogP contribution < -0.4 is 5.73 Å². The van der Waals surface area contributed by atoms with Gasteiger partial charge in [0, 0.05) is 32.5 Å². The van der Waals surface area contributed by atoms with Crippen LogP contribution in [0.4, 0.5) is 0 Å². The summed E-state index contributed by atoms with van der Waals surface area (Å²) in [6.45, 7) is 7.97. The fourth-order valence-corrected chi connectivity index (χ4v) is 2.86. The molecule has 21 heavy (non-hydrogen) atoms. The number of ether oxygens (including phenoxy) is 1. The standard InChI is InChI=1S/C13H23N5O2S/c1-3-17-12(5-4-11(14)19)15-18(13(17)21)9-16-6-7-20-10(2)8-16/h10H,3-9H2,1-2H3,(H2,14,19)/t10-/m1/s1. The molecule has 1 atom stereocenters. The summed E-state index contributed by atoms with van der Waals surface area (Å²) >= 11 is 5.48. The molecule has 8 heteroatoms. The molecular weight excluding hydrogens is 290 g/mol. The lowest BCUT2D eigenvalue weighted by molar-refractivity contribution is -0.118. The van der Waals surface area contributed by atoms with Crippen molar-refractivity contribution in [2.24, 2.45) is 5.73 Å². The van der Waals surface area contributed by atoms with Crippen molar-refractivity contribution >= 4 is 18.1 Å². The number of amides is 1. The van der Waals surface area contributed by atoms with E-state index in [1.54, 1.807) is 0 Å². The van der Waals surface area contributed by atoms with Crippen LogP contribution in [0.5, 0.6) is 0 Å². The van der Waals surface area contributed by atoms with Crippen LogP contribution in [0.15, 0.2) is 0 Å². The fourth-order valence-electron chi connectivity index (χ4n) is 2.52. The minimum Gasteiger partial charge on any atom is -0.376 e. The van der Waals surface area contributed by atoms with E-state index in [1.807, 2.05) is 16.2 Å². The van der Waals surface area contributed by atoms with Gasteiger partial charge in [-0.05, 0) is 26.1 Å². The van der Waals surface area contributed by atoms with Crippen LogP contribution >= 0.6 is 12.2 Å². The van der Waals surface area contributed by atoms with E-state index in [0.717, 1.165) is 32.1 Å². The van der Waals surface area contributed by atoms with E-state index in [9.17, 15) is 4.79 Å². The summed E-state index contributed by atoms with van der Waals surface area (Å²) < 4.78 is 10.0. The maximum atomic E-state index is 10.9. The zero-order chi connectivity index (χ0) is 15.4. The van der Waals surface area contributed by atoms with Gasteiger partial charge in [0.2, 0.25) is 5.91 Å². The molecule has 0 saturated carbocycles. The van der Waals surface area contributed by atoms with Gasteiger partial charge in [-0.25, -0.2) is 4.68 Å². The summed E-state index contributed by atoms with van der Waals surface area (Å²) in [6.07, 6.45) is 1.05. The molecule has 1 saturated heterocycles. The van der Waals surface area contributed by atoms with Crippen molar-refractivity contribution in [2.45, 2.75) is 46.0 Å². The van der Waals surface area contributed by atoms with Gasteiger partial charge >= 0.3 is 0 Å². The minimum absolute atomic E-state index is 0.232. The number of nitrogens with two attached hydrogens (primary N) is 1. The third-order valence-electron chi connectivity index (χ3n) is 3.57. The second kappa shape index (κ2) is 7.15. The number of rotatable bonds is 6. The molecule has 0 aromatic carbocycles.